The van der Waals surface area contributed by atoms with Gasteiger partial charge in [0, 0.05) is 24.6 Å². The quantitative estimate of drug-likeness (QED) is 0.170. The summed E-state index contributed by atoms with van der Waals surface area (Å²) in [6, 6.07) is 4.95. The van der Waals surface area contributed by atoms with Crippen molar-refractivity contribution in [2.45, 2.75) is 26.2 Å². The van der Waals surface area contributed by atoms with Gasteiger partial charge in [-0.2, -0.15) is 4.98 Å². The van der Waals surface area contributed by atoms with Crippen molar-refractivity contribution in [1.29, 1.82) is 0 Å². The standard InChI is InChI=1S/C24H18Cl2FNO7S/c1-12(9-18-22(26)28-24(36-18)35-14-7-8-16(27)15(25)10-14)21(32)20-17(29)11-13(34-23(20)33)5-3-2-4-6-19(30)31/h4,6-11,29H,2-3,5H2,1H3,(H,30,31)/b6-4+,12-9+. The summed E-state index contributed by atoms with van der Waals surface area (Å²) >= 11 is 12.9. The number of thiazole rings is 1. The Balaban J connectivity index is 1.74. The molecule has 12 heteroatoms. The molecular weight excluding hydrogens is 536 g/mol. The molecule has 0 radical (unpaired) electrons. The minimum atomic E-state index is -1.06. The number of nitrogens with zero attached hydrogens (tertiary/aromatic N) is 1. The summed E-state index contributed by atoms with van der Waals surface area (Å²) < 4.78 is 24.0. The Bertz CT molecular complexity index is 1430. The highest BCUT2D eigenvalue weighted by Gasteiger charge is 2.21. The van der Waals surface area contributed by atoms with E-state index in [4.69, 9.17) is 37.5 Å². The van der Waals surface area contributed by atoms with Gasteiger partial charge in [0.1, 0.15) is 28.6 Å². The molecule has 36 heavy (non-hydrogen) atoms. The molecule has 0 saturated heterocycles. The van der Waals surface area contributed by atoms with Gasteiger partial charge in [-0.3, -0.25) is 4.79 Å². The summed E-state index contributed by atoms with van der Waals surface area (Å²) in [5, 5.41) is 18.9. The number of aromatic nitrogens is 1. The van der Waals surface area contributed by atoms with Gasteiger partial charge in [-0.15, -0.1) is 0 Å². The van der Waals surface area contributed by atoms with Crippen LogP contribution in [0.5, 0.6) is 16.7 Å². The smallest absolute Gasteiger partial charge is 0.351 e. The number of unbranched alkanes of at least 4 members (excludes halogenated alkanes) is 1. The second kappa shape index (κ2) is 12.0. The number of ketones is 1. The molecule has 0 atom stereocenters. The van der Waals surface area contributed by atoms with Gasteiger partial charge >= 0.3 is 11.6 Å². The number of rotatable bonds is 10. The van der Waals surface area contributed by atoms with Crippen LogP contribution in [0.15, 0.2) is 51.2 Å². The first-order chi connectivity index (χ1) is 17.0. The molecule has 8 nitrogen and oxygen atoms in total. The van der Waals surface area contributed by atoms with Crippen molar-refractivity contribution < 1.29 is 33.3 Å². The lowest BCUT2D eigenvalue weighted by molar-refractivity contribution is -0.131. The highest BCUT2D eigenvalue weighted by Crippen LogP contribution is 2.35. The first-order valence-electron chi connectivity index (χ1n) is 10.3. The van der Waals surface area contributed by atoms with E-state index in [1.54, 1.807) is 0 Å². The SMILES string of the molecule is C/C(=C\c1sc(Oc2ccc(F)c(Cl)c2)nc1Cl)C(=O)c1c(O)cc(CCC/C=C/C(=O)O)oc1=O. The summed E-state index contributed by atoms with van der Waals surface area (Å²) in [5.41, 5.74) is -1.46. The molecule has 188 valence electrons. The van der Waals surface area contributed by atoms with E-state index in [2.05, 4.69) is 4.98 Å². The van der Waals surface area contributed by atoms with Gasteiger partial charge in [0.05, 0.1) is 9.90 Å². The van der Waals surface area contributed by atoms with Gasteiger partial charge in [0.2, 0.25) is 0 Å². The maximum Gasteiger partial charge on any atom is 0.351 e. The monoisotopic (exact) mass is 553 g/mol. The third-order valence-corrected chi connectivity index (χ3v) is 6.23. The molecule has 0 aliphatic rings. The number of allylic oxidation sites excluding steroid dienone is 2. The molecule has 0 spiro atoms. The average Bonchev–Trinajstić information content (AvgIpc) is 3.13. The summed E-state index contributed by atoms with van der Waals surface area (Å²) in [6.45, 7) is 1.43. The van der Waals surface area contributed by atoms with Gasteiger partial charge in [0.25, 0.3) is 5.19 Å². The number of aryl methyl sites for hydroxylation is 1. The van der Waals surface area contributed by atoms with Gasteiger partial charge < -0.3 is 19.4 Å². The van der Waals surface area contributed by atoms with E-state index in [1.807, 2.05) is 0 Å². The molecule has 0 aliphatic heterocycles. The number of carbonyl (C=O) groups is 2. The predicted molar refractivity (Wildman–Crippen MR) is 133 cm³/mol. The number of Topliss-reactive ketones (excluding diaryl/α,β-unsaturated/α-hetero) is 1. The number of halogens is 3. The van der Waals surface area contributed by atoms with Gasteiger partial charge in [-0.05, 0) is 43.5 Å². The molecule has 2 N–H and O–H groups in total. The lowest BCUT2D eigenvalue weighted by Crippen LogP contribution is -2.16. The Morgan fingerprint density at radius 3 is 2.69 bits per heavy atom. The van der Waals surface area contributed by atoms with Crippen LogP contribution >= 0.6 is 34.5 Å². The molecule has 0 bridgehead atoms. The van der Waals surface area contributed by atoms with Crippen LogP contribution in [0, 0.1) is 5.82 Å². The molecule has 2 aromatic heterocycles. The molecule has 0 unspecified atom stereocenters. The van der Waals surface area contributed by atoms with Crippen molar-refractivity contribution >= 4 is 52.4 Å². The number of carbonyl (C=O) groups excluding carboxylic acids is 1. The molecule has 0 fully saturated rings. The predicted octanol–water partition coefficient (Wildman–Crippen LogP) is 6.29. The number of aliphatic carboxylic acids is 1. The number of hydrogen-bond donors (Lipinski definition) is 2. The third kappa shape index (κ3) is 7.03. The highest BCUT2D eigenvalue weighted by molar-refractivity contribution is 7.14. The van der Waals surface area contributed by atoms with Crippen molar-refractivity contribution in [1.82, 2.24) is 4.98 Å². The zero-order valence-electron chi connectivity index (χ0n) is 18.6. The van der Waals surface area contributed by atoms with Crippen molar-refractivity contribution in [2.24, 2.45) is 0 Å². The van der Waals surface area contributed by atoms with Gasteiger partial charge in [-0.25, -0.2) is 14.0 Å². The van der Waals surface area contributed by atoms with E-state index in [9.17, 15) is 23.9 Å². The van der Waals surface area contributed by atoms with Crippen LogP contribution in [0.4, 0.5) is 4.39 Å². The number of benzene rings is 1. The molecule has 0 aliphatic carbocycles. The second-order valence-electron chi connectivity index (χ2n) is 7.36. The van der Waals surface area contributed by atoms with E-state index < -0.39 is 34.5 Å². The van der Waals surface area contributed by atoms with Crippen LogP contribution in [-0.2, 0) is 11.2 Å². The Kier molecular flexibility index (Phi) is 9.03. The van der Waals surface area contributed by atoms with E-state index in [1.165, 1.54) is 37.3 Å². The van der Waals surface area contributed by atoms with Gasteiger partial charge in [-0.1, -0.05) is 40.6 Å². The summed E-state index contributed by atoms with van der Waals surface area (Å²) in [4.78, 5) is 40.1. The Labute approximate surface area is 217 Å². The lowest BCUT2D eigenvalue weighted by atomic mass is 10.0. The number of carboxylic acid groups (broad SMARTS) is 1. The lowest BCUT2D eigenvalue weighted by Gasteiger charge is -2.05. The fraction of sp³-hybridized carbons (Fsp3) is 0.167. The molecule has 1 aromatic carbocycles. The second-order valence-corrected chi connectivity index (χ2v) is 9.12. The third-order valence-electron chi connectivity index (χ3n) is 4.66. The molecule has 3 aromatic rings. The normalized spacial score (nSPS) is 11.7. The number of carboxylic acids is 1. The van der Waals surface area contributed by atoms with E-state index in [-0.39, 0.29) is 38.9 Å². The topological polar surface area (TPSA) is 127 Å². The number of ether oxygens (including phenoxy) is 1. The zero-order chi connectivity index (χ0) is 26.4. The maximum absolute atomic E-state index is 13.3. The average molecular weight is 554 g/mol. The summed E-state index contributed by atoms with van der Waals surface area (Å²) in [5.74, 6) is -2.58. The van der Waals surface area contributed by atoms with Crippen LogP contribution in [0.1, 0.15) is 40.8 Å². The van der Waals surface area contributed by atoms with Crippen LogP contribution in [-0.4, -0.2) is 26.9 Å². The number of hydrogen-bond acceptors (Lipinski definition) is 8. The van der Waals surface area contributed by atoms with Crippen LogP contribution in [0.25, 0.3) is 6.08 Å². The minimum absolute atomic E-state index is 0.0268. The fourth-order valence-corrected chi connectivity index (χ4v) is 4.26. The van der Waals surface area contributed by atoms with Crippen molar-refractivity contribution in [3.63, 3.8) is 0 Å². The van der Waals surface area contributed by atoms with Crippen LogP contribution in [0.3, 0.4) is 0 Å². The first-order valence-corrected chi connectivity index (χ1v) is 11.9. The Morgan fingerprint density at radius 2 is 2.03 bits per heavy atom. The Hall–Kier alpha value is -3.47. The van der Waals surface area contributed by atoms with Crippen molar-refractivity contribution in [2.75, 3.05) is 0 Å². The Morgan fingerprint density at radius 1 is 1.28 bits per heavy atom. The van der Waals surface area contributed by atoms with E-state index >= 15 is 0 Å². The summed E-state index contributed by atoms with van der Waals surface area (Å²) in [6.07, 6.45) is 5.00. The zero-order valence-corrected chi connectivity index (χ0v) is 20.9. The molecule has 0 saturated carbocycles. The molecule has 2 heterocycles. The molecular formula is C24H18Cl2FNO7S. The largest absolute Gasteiger partial charge is 0.507 e. The summed E-state index contributed by atoms with van der Waals surface area (Å²) in [7, 11) is 0. The van der Waals surface area contributed by atoms with Crippen LogP contribution < -0.4 is 10.4 Å². The van der Waals surface area contributed by atoms with E-state index in [0.717, 1.165) is 23.5 Å². The van der Waals surface area contributed by atoms with E-state index in [0.29, 0.717) is 17.7 Å². The van der Waals surface area contributed by atoms with Crippen LogP contribution in [0.2, 0.25) is 10.2 Å². The highest BCUT2D eigenvalue weighted by atomic mass is 35.5. The molecule has 0 amide bonds. The minimum Gasteiger partial charge on any atom is -0.507 e. The van der Waals surface area contributed by atoms with Crippen molar-refractivity contribution in [3.05, 3.63) is 84.6 Å². The maximum atomic E-state index is 13.3. The molecule has 3 rings (SSSR count). The first kappa shape index (κ1) is 27.1. The van der Waals surface area contributed by atoms with Gasteiger partial charge in [0.15, 0.2) is 10.9 Å². The fourth-order valence-electron chi connectivity index (χ4n) is 2.97. The number of aromatic hydroxyl groups is 1. The van der Waals surface area contributed by atoms with Crippen molar-refractivity contribution in [3.8, 4) is 16.7 Å².